The normalized spacial score (nSPS) is 27.5. The van der Waals surface area contributed by atoms with Crippen molar-refractivity contribution in [2.45, 2.75) is 126 Å². The number of amides is 4. The Bertz CT molecular complexity index is 1880. The number of carbonyl (C=O) groups excluding carboxylic acids is 4. The summed E-state index contributed by atoms with van der Waals surface area (Å²) in [5.41, 5.74) is -0.715. The third-order valence-corrected chi connectivity index (χ3v) is 12.6. The summed E-state index contributed by atoms with van der Waals surface area (Å²) in [4.78, 5) is 65.5. The molecular formula is C36H47FN6O8S. The molecule has 2 aromatic rings. The van der Waals surface area contributed by atoms with Crippen molar-refractivity contribution in [3.05, 3.63) is 41.9 Å². The number of aromatic nitrogens is 2. The van der Waals surface area contributed by atoms with Crippen LogP contribution >= 0.6 is 0 Å². The van der Waals surface area contributed by atoms with Gasteiger partial charge in [-0.1, -0.05) is 38.0 Å². The molecule has 3 heterocycles. The van der Waals surface area contributed by atoms with Crippen LogP contribution in [-0.4, -0.2) is 88.2 Å². The number of allylic oxidation sites excluding steroid dienone is 1. The topological polar surface area (TPSA) is 186 Å². The molecule has 3 N–H and O–H groups in total. The lowest BCUT2D eigenvalue weighted by molar-refractivity contribution is -0.141. The van der Waals surface area contributed by atoms with E-state index < -0.39 is 80.2 Å². The van der Waals surface area contributed by atoms with Crippen LogP contribution in [0.1, 0.15) is 91.2 Å². The maximum absolute atomic E-state index is 14.7. The van der Waals surface area contributed by atoms with Gasteiger partial charge in [-0.25, -0.2) is 27.6 Å². The van der Waals surface area contributed by atoms with Crippen LogP contribution in [0.25, 0.3) is 11.0 Å². The number of fused-ring (bicyclic) bond motifs is 3. The summed E-state index contributed by atoms with van der Waals surface area (Å²) in [6.45, 7) is 6.70. The van der Waals surface area contributed by atoms with Crippen LogP contribution in [0.4, 0.5) is 9.18 Å². The largest absolute Gasteiger partial charge is 0.471 e. The summed E-state index contributed by atoms with van der Waals surface area (Å²) in [7, 11) is -4.00. The second kappa shape index (κ2) is 14.6. The lowest BCUT2D eigenvalue weighted by atomic mass is 10.0. The number of rotatable bonds is 8. The summed E-state index contributed by atoms with van der Waals surface area (Å²) >= 11 is 0. The zero-order chi connectivity index (χ0) is 37.4. The fourth-order valence-corrected chi connectivity index (χ4v) is 8.20. The first-order chi connectivity index (χ1) is 24.7. The van der Waals surface area contributed by atoms with Crippen molar-refractivity contribution in [2.75, 3.05) is 6.54 Å². The van der Waals surface area contributed by atoms with E-state index in [9.17, 15) is 32.0 Å². The Labute approximate surface area is 302 Å². The van der Waals surface area contributed by atoms with Crippen molar-refractivity contribution >= 4 is 44.9 Å². The van der Waals surface area contributed by atoms with E-state index in [2.05, 4.69) is 25.3 Å². The number of benzene rings is 1. The number of hydrogen-bond acceptors (Lipinski definition) is 10. The number of sulfonamides is 1. The number of nitrogens with one attached hydrogen (secondary N) is 3. The summed E-state index contributed by atoms with van der Waals surface area (Å²) < 4.78 is 53.7. The number of hydrogen-bond donors (Lipinski definition) is 3. The van der Waals surface area contributed by atoms with E-state index in [1.165, 1.54) is 17.0 Å². The quantitative estimate of drug-likeness (QED) is 0.338. The highest BCUT2D eigenvalue weighted by Gasteiger charge is 2.63. The number of alkyl carbamates (subject to hydrolysis) is 1. The third kappa shape index (κ3) is 7.71. The molecule has 52 heavy (non-hydrogen) atoms. The number of aryl methyl sites for hydroxylation is 1. The molecule has 1 aromatic carbocycles. The molecule has 4 aliphatic rings. The van der Waals surface area contributed by atoms with Crippen molar-refractivity contribution in [3.63, 3.8) is 0 Å². The van der Waals surface area contributed by atoms with Gasteiger partial charge in [0.25, 0.3) is 5.91 Å². The van der Waals surface area contributed by atoms with E-state index in [0.29, 0.717) is 43.3 Å². The number of nitrogens with zero attached hydrogens (tertiary/aromatic N) is 3. The van der Waals surface area contributed by atoms with Gasteiger partial charge < -0.3 is 25.0 Å². The monoisotopic (exact) mass is 742 g/mol. The van der Waals surface area contributed by atoms with Gasteiger partial charge in [0.1, 0.15) is 34.9 Å². The average Bonchev–Trinajstić information content (AvgIpc) is 3.96. The van der Waals surface area contributed by atoms with Gasteiger partial charge >= 0.3 is 6.09 Å². The molecule has 4 amide bonds. The molecule has 16 heteroatoms. The number of para-hydroxylation sites is 1. The lowest BCUT2D eigenvalue weighted by Crippen LogP contribution is -2.58. The molecule has 14 nitrogen and oxygen atoms in total. The molecule has 6 rings (SSSR count). The van der Waals surface area contributed by atoms with Crippen LogP contribution in [0.2, 0.25) is 0 Å². The highest BCUT2D eigenvalue weighted by molar-refractivity contribution is 7.91. The molecular weight excluding hydrogens is 695 g/mol. The summed E-state index contributed by atoms with van der Waals surface area (Å²) in [5, 5.41) is 5.52. The Balaban J connectivity index is 1.32. The average molecular weight is 743 g/mol. The molecule has 3 fully saturated rings. The summed E-state index contributed by atoms with van der Waals surface area (Å²) in [6.07, 6.45) is 6.22. The van der Waals surface area contributed by atoms with Gasteiger partial charge in [0, 0.05) is 12.3 Å². The van der Waals surface area contributed by atoms with Crippen LogP contribution in [0.15, 0.2) is 30.4 Å². The Morgan fingerprint density at radius 2 is 1.92 bits per heavy atom. The SMILES string of the molecule is CCc1nc2cccc(F)c2nc1OC1CC2C(=O)NC3(C(=O)NS(=O)(=O)C4(C)CC4)CC3C=CCCCCCC(NC(=O)OC(C)C)C(=O)N2C1. The van der Waals surface area contributed by atoms with Crippen LogP contribution in [-0.2, 0) is 35.6 Å². The molecule has 2 aliphatic carbocycles. The van der Waals surface area contributed by atoms with Gasteiger partial charge in [0.05, 0.1) is 22.9 Å². The van der Waals surface area contributed by atoms with Crippen molar-refractivity contribution in [1.82, 2.24) is 30.2 Å². The molecule has 1 saturated heterocycles. The van der Waals surface area contributed by atoms with Crippen molar-refractivity contribution < 1.29 is 41.5 Å². The van der Waals surface area contributed by atoms with Crippen molar-refractivity contribution in [2.24, 2.45) is 5.92 Å². The van der Waals surface area contributed by atoms with E-state index in [-0.39, 0.29) is 37.2 Å². The van der Waals surface area contributed by atoms with E-state index in [0.717, 1.165) is 12.8 Å². The highest BCUT2D eigenvalue weighted by atomic mass is 32.2. The van der Waals surface area contributed by atoms with Gasteiger partial charge in [-0.2, -0.15) is 0 Å². The standard InChI is InChI=1S/C36H47FN6O8S/c1-5-25-31(40-29-24(37)13-11-15-26(29)38-25)51-23-18-28-30(44)41-36(33(46)42-52(48,49)35(4)16-17-35)19-22(36)12-9-7-6-8-10-14-27(32(45)43(28)20-23)39-34(47)50-21(2)3/h9,11-13,15,21-23,27-28H,5-8,10,14,16-20H2,1-4H3,(H,39,47)(H,41,44)(H,42,46). The maximum atomic E-state index is 14.7. The fourth-order valence-electron chi connectivity index (χ4n) is 6.88. The predicted octanol–water partition coefficient (Wildman–Crippen LogP) is 3.58. The fraction of sp³-hybridized carbons (Fsp3) is 0.611. The molecule has 5 atom stereocenters. The first kappa shape index (κ1) is 37.4. The van der Waals surface area contributed by atoms with Crippen LogP contribution in [0, 0.1) is 11.7 Å². The van der Waals surface area contributed by atoms with Gasteiger partial charge in [0.2, 0.25) is 27.7 Å². The van der Waals surface area contributed by atoms with Crippen LogP contribution in [0.5, 0.6) is 5.88 Å². The Hall–Kier alpha value is -4.34. The van der Waals surface area contributed by atoms with Crippen molar-refractivity contribution in [1.29, 1.82) is 0 Å². The number of carbonyl (C=O) groups is 4. The minimum absolute atomic E-state index is 0.0140. The predicted molar refractivity (Wildman–Crippen MR) is 188 cm³/mol. The Kier molecular flexibility index (Phi) is 10.5. The minimum atomic E-state index is -4.00. The van der Waals surface area contributed by atoms with Gasteiger partial charge in [-0.15, -0.1) is 0 Å². The molecule has 2 aliphatic heterocycles. The Morgan fingerprint density at radius 3 is 2.63 bits per heavy atom. The maximum Gasteiger partial charge on any atom is 0.408 e. The van der Waals surface area contributed by atoms with Crippen molar-refractivity contribution in [3.8, 4) is 5.88 Å². The van der Waals surface area contributed by atoms with Crippen LogP contribution < -0.4 is 20.1 Å². The minimum Gasteiger partial charge on any atom is -0.471 e. The van der Waals surface area contributed by atoms with Gasteiger partial charge in [0.15, 0.2) is 5.82 Å². The first-order valence-electron chi connectivity index (χ1n) is 18.1. The number of ether oxygens (including phenoxy) is 2. The second-order valence-corrected chi connectivity index (χ2v) is 17.0. The number of halogens is 1. The zero-order valence-electron chi connectivity index (χ0n) is 29.9. The van der Waals surface area contributed by atoms with Crippen LogP contribution in [0.3, 0.4) is 0 Å². The summed E-state index contributed by atoms with van der Waals surface area (Å²) in [6, 6.07) is 2.24. The molecule has 2 saturated carbocycles. The third-order valence-electron chi connectivity index (χ3n) is 10.4. The molecule has 5 unspecified atom stereocenters. The first-order valence-corrected chi connectivity index (χ1v) is 19.6. The van der Waals surface area contributed by atoms with Gasteiger partial charge in [-0.3, -0.25) is 19.1 Å². The summed E-state index contributed by atoms with van der Waals surface area (Å²) in [5.74, 6) is -3.02. The molecule has 0 radical (unpaired) electrons. The smallest absolute Gasteiger partial charge is 0.408 e. The van der Waals surface area contributed by atoms with Gasteiger partial charge in [-0.05, 0) is 77.8 Å². The molecule has 0 bridgehead atoms. The lowest BCUT2D eigenvalue weighted by Gasteiger charge is -2.30. The molecule has 1 aromatic heterocycles. The Morgan fingerprint density at radius 1 is 1.15 bits per heavy atom. The highest BCUT2D eigenvalue weighted by Crippen LogP contribution is 2.47. The molecule has 282 valence electrons. The van der Waals surface area contributed by atoms with E-state index in [4.69, 9.17) is 9.47 Å². The second-order valence-electron chi connectivity index (χ2n) is 14.8. The van der Waals surface area contributed by atoms with E-state index >= 15 is 0 Å². The van der Waals surface area contributed by atoms with E-state index in [1.54, 1.807) is 26.8 Å². The zero-order valence-corrected chi connectivity index (χ0v) is 30.8. The van der Waals surface area contributed by atoms with E-state index in [1.807, 2.05) is 19.1 Å². The molecule has 0 spiro atoms.